The average molecular weight is 421 g/mol. The van der Waals surface area contributed by atoms with Crippen LogP contribution in [-0.4, -0.2) is 44.6 Å². The fraction of sp³-hybridized carbons (Fsp3) is 0.360. The number of imide groups is 1. The molecule has 0 saturated heterocycles. The van der Waals surface area contributed by atoms with Crippen LogP contribution >= 0.6 is 0 Å². The van der Waals surface area contributed by atoms with E-state index in [1.165, 1.54) is 38.7 Å². The first-order valence-electron chi connectivity index (χ1n) is 10.3. The molecular formula is C25H27NO5. The molecule has 6 heteroatoms. The predicted octanol–water partition coefficient (Wildman–Crippen LogP) is 3.91. The van der Waals surface area contributed by atoms with Crippen molar-refractivity contribution in [1.82, 2.24) is 4.90 Å². The third-order valence-electron chi connectivity index (χ3n) is 5.20. The molecular weight excluding hydrogens is 394 g/mol. The maximum atomic E-state index is 12.8. The van der Waals surface area contributed by atoms with Crippen LogP contribution in [0.3, 0.4) is 0 Å². The van der Waals surface area contributed by atoms with Crippen molar-refractivity contribution >= 4 is 17.9 Å². The Morgan fingerprint density at radius 2 is 1.74 bits per heavy atom. The molecule has 2 aliphatic rings. The van der Waals surface area contributed by atoms with E-state index in [-0.39, 0.29) is 11.8 Å². The summed E-state index contributed by atoms with van der Waals surface area (Å²) in [5.74, 6) is 6.78. The maximum absolute atomic E-state index is 12.8. The van der Waals surface area contributed by atoms with Crippen LogP contribution in [0.4, 0.5) is 0 Å². The van der Waals surface area contributed by atoms with Crippen molar-refractivity contribution in [3.05, 3.63) is 47.1 Å². The third kappa shape index (κ3) is 5.37. The van der Waals surface area contributed by atoms with Crippen LogP contribution in [0.2, 0.25) is 0 Å². The Morgan fingerprint density at radius 1 is 1.00 bits per heavy atom. The third-order valence-corrected chi connectivity index (χ3v) is 5.20. The van der Waals surface area contributed by atoms with E-state index in [2.05, 4.69) is 17.9 Å². The molecule has 0 atom stereocenters. The summed E-state index contributed by atoms with van der Waals surface area (Å²) in [6.45, 7) is 0.338. The summed E-state index contributed by atoms with van der Waals surface area (Å²) in [7, 11) is 4.58. The molecule has 1 aliphatic heterocycles. The van der Waals surface area contributed by atoms with E-state index < -0.39 is 0 Å². The van der Waals surface area contributed by atoms with Gasteiger partial charge in [0.1, 0.15) is 0 Å². The maximum Gasteiger partial charge on any atom is 0.268 e. The van der Waals surface area contributed by atoms with E-state index in [4.69, 9.17) is 14.2 Å². The quantitative estimate of drug-likeness (QED) is 0.533. The molecule has 0 N–H and O–H groups in total. The van der Waals surface area contributed by atoms with Gasteiger partial charge in [0.15, 0.2) is 11.5 Å². The second kappa shape index (κ2) is 10.5. The molecule has 1 heterocycles. The van der Waals surface area contributed by atoms with Crippen LogP contribution in [-0.2, 0) is 9.59 Å². The second-order valence-electron chi connectivity index (χ2n) is 7.22. The van der Waals surface area contributed by atoms with Crippen molar-refractivity contribution in [3.63, 3.8) is 0 Å². The summed E-state index contributed by atoms with van der Waals surface area (Å²) in [6, 6.07) is 3.47. The number of rotatable bonds is 5. The van der Waals surface area contributed by atoms with Gasteiger partial charge in [0.05, 0.1) is 26.9 Å². The van der Waals surface area contributed by atoms with Gasteiger partial charge >= 0.3 is 0 Å². The van der Waals surface area contributed by atoms with Crippen LogP contribution < -0.4 is 14.2 Å². The highest BCUT2D eigenvalue weighted by Crippen LogP contribution is 2.38. The lowest BCUT2D eigenvalue weighted by Gasteiger charge is -2.22. The Kier molecular flexibility index (Phi) is 7.55. The first-order valence-corrected chi connectivity index (χ1v) is 10.3. The van der Waals surface area contributed by atoms with Crippen LogP contribution in [0.15, 0.2) is 41.5 Å². The van der Waals surface area contributed by atoms with Crippen molar-refractivity contribution in [1.29, 1.82) is 0 Å². The van der Waals surface area contributed by atoms with Gasteiger partial charge in [0.2, 0.25) is 5.75 Å². The van der Waals surface area contributed by atoms with Crippen LogP contribution in [0.25, 0.3) is 6.08 Å². The summed E-state index contributed by atoms with van der Waals surface area (Å²) in [5, 5.41) is 0. The number of methoxy groups -OCH3 is 3. The SMILES string of the molecule is COc1cc(/C=C/C(=O)N2CCC=C(C#CC3=CCCCC3)C2=O)cc(OC)c1OC. The number of nitrogens with zero attached hydrogens (tertiary/aromatic N) is 1. The lowest BCUT2D eigenvalue weighted by Crippen LogP contribution is -2.39. The Morgan fingerprint density at radius 3 is 2.35 bits per heavy atom. The van der Waals surface area contributed by atoms with Gasteiger partial charge in [0, 0.05) is 12.6 Å². The fourth-order valence-electron chi connectivity index (χ4n) is 3.54. The highest BCUT2D eigenvalue weighted by molar-refractivity contribution is 6.11. The molecule has 0 unspecified atom stereocenters. The predicted molar refractivity (Wildman–Crippen MR) is 119 cm³/mol. The van der Waals surface area contributed by atoms with Crippen molar-refractivity contribution in [2.24, 2.45) is 0 Å². The molecule has 0 fully saturated rings. The summed E-state index contributed by atoms with van der Waals surface area (Å²) < 4.78 is 16.0. The van der Waals surface area contributed by atoms with Gasteiger partial charge in [-0.1, -0.05) is 24.0 Å². The molecule has 1 aromatic carbocycles. The van der Waals surface area contributed by atoms with Crippen LogP contribution in [0.5, 0.6) is 17.2 Å². The molecule has 0 saturated carbocycles. The number of carbonyl (C=O) groups is 2. The minimum Gasteiger partial charge on any atom is -0.493 e. The standard InChI is InChI=1S/C25H27NO5/c1-29-21-16-19(17-22(30-2)24(21)31-3)12-14-23(27)26-15-7-10-20(25(26)28)13-11-18-8-5-4-6-9-18/h8,10,12,14,16-17H,4-7,9,15H2,1-3H3/b14-12+. The zero-order chi connectivity index (χ0) is 22.2. The minimum atomic E-state index is -0.386. The van der Waals surface area contributed by atoms with E-state index in [0.29, 0.717) is 41.4 Å². The zero-order valence-electron chi connectivity index (χ0n) is 18.2. The smallest absolute Gasteiger partial charge is 0.268 e. The zero-order valence-corrected chi connectivity index (χ0v) is 18.2. The monoisotopic (exact) mass is 421 g/mol. The Labute approximate surface area is 183 Å². The van der Waals surface area contributed by atoms with E-state index >= 15 is 0 Å². The fourth-order valence-corrected chi connectivity index (χ4v) is 3.54. The average Bonchev–Trinajstić information content (AvgIpc) is 2.81. The van der Waals surface area contributed by atoms with Crippen molar-refractivity contribution in [2.45, 2.75) is 32.1 Å². The van der Waals surface area contributed by atoms with Gasteiger partial charge in [-0.25, -0.2) is 0 Å². The van der Waals surface area contributed by atoms with Gasteiger partial charge in [-0.15, -0.1) is 0 Å². The van der Waals surface area contributed by atoms with Gasteiger partial charge in [-0.05, 0) is 61.4 Å². The highest BCUT2D eigenvalue weighted by Gasteiger charge is 2.25. The molecule has 31 heavy (non-hydrogen) atoms. The number of hydrogen-bond acceptors (Lipinski definition) is 5. The first kappa shape index (κ1) is 22.2. The molecule has 0 spiro atoms. The summed E-state index contributed by atoms with van der Waals surface area (Å²) in [4.78, 5) is 26.7. The molecule has 1 aliphatic carbocycles. The number of benzene rings is 1. The van der Waals surface area contributed by atoms with Gasteiger partial charge in [0.25, 0.3) is 11.8 Å². The Balaban J connectivity index is 1.74. The van der Waals surface area contributed by atoms with Crippen molar-refractivity contribution in [3.8, 4) is 29.1 Å². The van der Waals surface area contributed by atoms with E-state index in [1.54, 1.807) is 18.2 Å². The lowest BCUT2D eigenvalue weighted by atomic mass is 9.99. The number of carbonyl (C=O) groups excluding carboxylic acids is 2. The molecule has 6 nitrogen and oxygen atoms in total. The molecule has 162 valence electrons. The van der Waals surface area contributed by atoms with Crippen LogP contribution in [0, 0.1) is 11.8 Å². The Bertz CT molecular complexity index is 981. The summed E-state index contributed by atoms with van der Waals surface area (Å²) in [6.07, 6.45) is 11.8. The van der Waals surface area contributed by atoms with E-state index in [0.717, 1.165) is 24.8 Å². The number of amides is 2. The summed E-state index contributed by atoms with van der Waals surface area (Å²) in [5.41, 5.74) is 2.14. The molecule has 0 radical (unpaired) electrons. The molecule has 0 aromatic heterocycles. The molecule has 3 rings (SSSR count). The molecule has 2 amide bonds. The first-order chi connectivity index (χ1) is 15.1. The Hall–Kier alpha value is -3.46. The van der Waals surface area contributed by atoms with Gasteiger partial charge in [-0.3, -0.25) is 14.5 Å². The van der Waals surface area contributed by atoms with E-state index in [1.807, 2.05) is 6.08 Å². The largest absolute Gasteiger partial charge is 0.493 e. The topological polar surface area (TPSA) is 65.1 Å². The highest BCUT2D eigenvalue weighted by atomic mass is 16.5. The number of hydrogen-bond donors (Lipinski definition) is 0. The van der Waals surface area contributed by atoms with Crippen LogP contribution in [0.1, 0.15) is 37.7 Å². The van der Waals surface area contributed by atoms with E-state index in [9.17, 15) is 9.59 Å². The lowest BCUT2D eigenvalue weighted by molar-refractivity contribution is -0.139. The van der Waals surface area contributed by atoms with Crippen molar-refractivity contribution in [2.75, 3.05) is 27.9 Å². The normalized spacial score (nSPS) is 16.2. The second-order valence-corrected chi connectivity index (χ2v) is 7.22. The van der Waals surface area contributed by atoms with Crippen molar-refractivity contribution < 1.29 is 23.8 Å². The minimum absolute atomic E-state index is 0.338. The van der Waals surface area contributed by atoms with Gasteiger partial charge in [-0.2, -0.15) is 0 Å². The van der Waals surface area contributed by atoms with Gasteiger partial charge < -0.3 is 14.2 Å². The number of ether oxygens (including phenoxy) is 3. The molecule has 0 bridgehead atoms. The number of allylic oxidation sites excluding steroid dienone is 2. The summed E-state index contributed by atoms with van der Waals surface area (Å²) >= 11 is 0. The molecule has 1 aromatic rings.